The summed E-state index contributed by atoms with van der Waals surface area (Å²) in [5.74, 6) is 1.49. The van der Waals surface area contributed by atoms with Gasteiger partial charge in [-0.2, -0.15) is 0 Å². The maximum Gasteiger partial charge on any atom is 0.231 e. The Labute approximate surface area is 84.4 Å². The summed E-state index contributed by atoms with van der Waals surface area (Å²) in [5.41, 5.74) is 0.984. The molecule has 1 aliphatic rings. The summed E-state index contributed by atoms with van der Waals surface area (Å²) in [5, 5.41) is 8.81. The van der Waals surface area contributed by atoms with Crippen molar-refractivity contribution in [3.8, 4) is 11.5 Å². The van der Waals surface area contributed by atoms with Crippen LogP contribution in [0.2, 0.25) is 0 Å². The van der Waals surface area contributed by atoms with Gasteiger partial charge in [0.2, 0.25) is 6.79 Å². The number of aliphatic hydroxyl groups excluding tert-OH is 1. The molecule has 70 valence electrons. The normalized spacial score (nSPS) is 13.4. The lowest BCUT2D eigenvalue weighted by Gasteiger charge is -2.04. The Hall–Kier alpha value is -0.740. The average molecular weight is 245 g/mol. The molecule has 0 unspecified atom stereocenters. The van der Waals surface area contributed by atoms with Gasteiger partial charge in [0, 0.05) is 12.2 Å². The van der Waals surface area contributed by atoms with Gasteiger partial charge >= 0.3 is 0 Å². The molecule has 0 aliphatic carbocycles. The van der Waals surface area contributed by atoms with Crippen LogP contribution in [-0.2, 0) is 6.42 Å². The fourth-order valence-corrected chi connectivity index (χ4v) is 1.76. The third-order valence-electron chi connectivity index (χ3n) is 1.93. The molecule has 0 amide bonds. The molecule has 3 nitrogen and oxygen atoms in total. The second kappa shape index (κ2) is 3.55. The minimum absolute atomic E-state index is 0.122. The number of rotatable bonds is 2. The van der Waals surface area contributed by atoms with Crippen LogP contribution in [-0.4, -0.2) is 18.5 Å². The van der Waals surface area contributed by atoms with Crippen molar-refractivity contribution in [2.75, 3.05) is 13.4 Å². The van der Waals surface area contributed by atoms with E-state index in [4.69, 9.17) is 14.6 Å². The molecule has 0 fully saturated rings. The van der Waals surface area contributed by atoms with Crippen LogP contribution in [0.25, 0.3) is 0 Å². The molecule has 0 radical (unpaired) electrons. The minimum Gasteiger partial charge on any atom is -0.453 e. The van der Waals surface area contributed by atoms with Crippen molar-refractivity contribution in [3.05, 3.63) is 22.2 Å². The first-order valence-electron chi connectivity index (χ1n) is 4.01. The third kappa shape index (κ3) is 1.51. The van der Waals surface area contributed by atoms with Crippen molar-refractivity contribution in [1.29, 1.82) is 0 Å². The van der Waals surface area contributed by atoms with E-state index < -0.39 is 0 Å². The Bertz CT molecular complexity index is 325. The SMILES string of the molecule is OCCc1ccc(Br)c2c1OCO2. The highest BCUT2D eigenvalue weighted by atomic mass is 79.9. The summed E-state index contributed by atoms with van der Waals surface area (Å²) in [6.45, 7) is 0.383. The summed E-state index contributed by atoms with van der Waals surface area (Å²) in [6, 6.07) is 3.83. The van der Waals surface area contributed by atoms with Crippen molar-refractivity contribution < 1.29 is 14.6 Å². The minimum atomic E-state index is 0.122. The average Bonchev–Trinajstić information content (AvgIpc) is 2.59. The zero-order valence-electron chi connectivity index (χ0n) is 6.92. The molecule has 1 aliphatic heterocycles. The molecule has 0 spiro atoms. The van der Waals surface area contributed by atoms with Gasteiger partial charge in [0.15, 0.2) is 11.5 Å². The molecule has 1 aromatic rings. The lowest BCUT2D eigenvalue weighted by atomic mass is 10.1. The number of ether oxygens (including phenoxy) is 2. The van der Waals surface area contributed by atoms with E-state index in [2.05, 4.69) is 15.9 Å². The van der Waals surface area contributed by atoms with Gasteiger partial charge in [-0.25, -0.2) is 0 Å². The Morgan fingerprint density at radius 3 is 2.85 bits per heavy atom. The molecule has 1 heterocycles. The molecular formula is C9H9BrO3. The Balaban J connectivity index is 2.43. The summed E-state index contributed by atoms with van der Waals surface area (Å²) in [7, 11) is 0. The topological polar surface area (TPSA) is 38.7 Å². The van der Waals surface area contributed by atoms with E-state index in [0.29, 0.717) is 6.42 Å². The maximum absolute atomic E-state index is 8.81. The van der Waals surface area contributed by atoms with Crippen LogP contribution in [0.3, 0.4) is 0 Å². The zero-order valence-corrected chi connectivity index (χ0v) is 8.50. The van der Waals surface area contributed by atoms with Gasteiger partial charge in [-0.15, -0.1) is 0 Å². The van der Waals surface area contributed by atoms with E-state index in [1.54, 1.807) is 0 Å². The predicted molar refractivity (Wildman–Crippen MR) is 51.1 cm³/mol. The van der Waals surface area contributed by atoms with E-state index in [1.165, 1.54) is 0 Å². The van der Waals surface area contributed by atoms with Crippen molar-refractivity contribution in [2.24, 2.45) is 0 Å². The predicted octanol–water partition coefficient (Wildman–Crippen LogP) is 1.71. The number of aliphatic hydroxyl groups is 1. The number of halogens is 1. The van der Waals surface area contributed by atoms with E-state index >= 15 is 0 Å². The fraction of sp³-hybridized carbons (Fsp3) is 0.333. The molecule has 0 bridgehead atoms. The van der Waals surface area contributed by atoms with Crippen LogP contribution < -0.4 is 9.47 Å². The van der Waals surface area contributed by atoms with Crippen LogP contribution in [0.1, 0.15) is 5.56 Å². The molecule has 2 rings (SSSR count). The Kier molecular flexibility index (Phi) is 2.42. The molecule has 0 saturated carbocycles. The number of hydrogen-bond acceptors (Lipinski definition) is 3. The number of benzene rings is 1. The van der Waals surface area contributed by atoms with E-state index in [-0.39, 0.29) is 13.4 Å². The smallest absolute Gasteiger partial charge is 0.231 e. The molecule has 1 aromatic carbocycles. The van der Waals surface area contributed by atoms with Crippen LogP contribution in [0.4, 0.5) is 0 Å². The highest BCUT2D eigenvalue weighted by Crippen LogP contribution is 2.41. The van der Waals surface area contributed by atoms with Crippen molar-refractivity contribution >= 4 is 15.9 Å². The largest absolute Gasteiger partial charge is 0.453 e. The Morgan fingerprint density at radius 1 is 1.31 bits per heavy atom. The molecule has 1 N–H and O–H groups in total. The maximum atomic E-state index is 8.81. The molecule has 13 heavy (non-hydrogen) atoms. The van der Waals surface area contributed by atoms with Gasteiger partial charge in [0.1, 0.15) is 0 Å². The van der Waals surface area contributed by atoms with Crippen molar-refractivity contribution in [1.82, 2.24) is 0 Å². The summed E-state index contributed by atoms with van der Waals surface area (Å²) >= 11 is 3.37. The van der Waals surface area contributed by atoms with Crippen LogP contribution in [0.15, 0.2) is 16.6 Å². The molecule has 0 saturated heterocycles. The van der Waals surface area contributed by atoms with Gasteiger partial charge in [0.25, 0.3) is 0 Å². The standard InChI is InChI=1S/C9H9BrO3/c10-7-2-1-6(3-4-11)8-9(7)13-5-12-8/h1-2,11H,3-5H2. The number of hydrogen-bond donors (Lipinski definition) is 1. The van der Waals surface area contributed by atoms with E-state index in [0.717, 1.165) is 21.5 Å². The first-order valence-corrected chi connectivity index (χ1v) is 4.80. The van der Waals surface area contributed by atoms with Gasteiger partial charge in [-0.1, -0.05) is 6.07 Å². The molecular weight excluding hydrogens is 236 g/mol. The Morgan fingerprint density at radius 2 is 2.08 bits per heavy atom. The second-order valence-electron chi connectivity index (χ2n) is 2.74. The first-order chi connectivity index (χ1) is 6.33. The summed E-state index contributed by atoms with van der Waals surface area (Å²) < 4.78 is 11.5. The van der Waals surface area contributed by atoms with Crippen LogP contribution >= 0.6 is 15.9 Å². The molecule has 0 aromatic heterocycles. The highest BCUT2D eigenvalue weighted by molar-refractivity contribution is 9.10. The lowest BCUT2D eigenvalue weighted by Crippen LogP contribution is -1.95. The summed E-state index contributed by atoms with van der Waals surface area (Å²) in [6.07, 6.45) is 0.596. The van der Waals surface area contributed by atoms with Gasteiger partial charge in [-0.05, 0) is 28.4 Å². The fourth-order valence-electron chi connectivity index (χ4n) is 1.34. The quantitative estimate of drug-likeness (QED) is 0.862. The van der Waals surface area contributed by atoms with E-state index in [9.17, 15) is 0 Å². The highest BCUT2D eigenvalue weighted by Gasteiger charge is 2.20. The summed E-state index contributed by atoms with van der Waals surface area (Å²) in [4.78, 5) is 0. The van der Waals surface area contributed by atoms with E-state index in [1.807, 2.05) is 12.1 Å². The zero-order chi connectivity index (χ0) is 9.26. The second-order valence-corrected chi connectivity index (χ2v) is 3.60. The lowest BCUT2D eigenvalue weighted by molar-refractivity contribution is 0.172. The van der Waals surface area contributed by atoms with Crippen LogP contribution in [0, 0.1) is 0 Å². The third-order valence-corrected chi connectivity index (χ3v) is 2.56. The molecule has 0 atom stereocenters. The van der Waals surface area contributed by atoms with Gasteiger partial charge < -0.3 is 14.6 Å². The van der Waals surface area contributed by atoms with Crippen molar-refractivity contribution in [3.63, 3.8) is 0 Å². The van der Waals surface area contributed by atoms with Gasteiger partial charge in [0.05, 0.1) is 4.47 Å². The first kappa shape index (κ1) is 8.84. The van der Waals surface area contributed by atoms with Crippen LogP contribution in [0.5, 0.6) is 11.5 Å². The molecule has 4 heteroatoms. The van der Waals surface area contributed by atoms with Crippen molar-refractivity contribution in [2.45, 2.75) is 6.42 Å². The van der Waals surface area contributed by atoms with Gasteiger partial charge in [-0.3, -0.25) is 0 Å². The monoisotopic (exact) mass is 244 g/mol. The number of fused-ring (bicyclic) bond motifs is 1.